The highest BCUT2D eigenvalue weighted by Crippen LogP contribution is 2.41. The molecule has 0 spiro atoms. The van der Waals surface area contributed by atoms with Gasteiger partial charge in [0.15, 0.2) is 5.69 Å². The molecule has 0 saturated heterocycles. The van der Waals surface area contributed by atoms with E-state index in [0.29, 0.717) is 0 Å². The number of hydrogen-bond donors (Lipinski definition) is 0. The summed E-state index contributed by atoms with van der Waals surface area (Å²) in [6.07, 6.45) is 2.17. The minimum Gasteiger partial charge on any atom is -0.519 e. The summed E-state index contributed by atoms with van der Waals surface area (Å²) in [5, 5.41) is 0. The standard InChI is InChI=1S/C16H20BN2O/c1-11-7-6-8-14-16(11)19(17(4)20-14)15-9-12(2)13(3)10-18(15)5/h6-10H,1-5H3/q+1. The van der Waals surface area contributed by atoms with Crippen molar-refractivity contribution in [2.75, 3.05) is 4.81 Å². The van der Waals surface area contributed by atoms with E-state index >= 15 is 0 Å². The van der Waals surface area contributed by atoms with Crippen LogP contribution >= 0.6 is 0 Å². The number of para-hydroxylation sites is 1. The summed E-state index contributed by atoms with van der Waals surface area (Å²) < 4.78 is 8.16. The van der Waals surface area contributed by atoms with Crippen LogP contribution in [0.3, 0.4) is 0 Å². The third-order valence-electron chi connectivity index (χ3n) is 4.07. The second-order valence-corrected chi connectivity index (χ2v) is 5.62. The number of hydrogen-bond acceptors (Lipinski definition) is 2. The molecule has 3 nitrogen and oxygen atoms in total. The summed E-state index contributed by atoms with van der Waals surface area (Å²) in [5.41, 5.74) is 5.02. The lowest BCUT2D eigenvalue weighted by atomic mass is 9.84. The number of benzene rings is 1. The van der Waals surface area contributed by atoms with Gasteiger partial charge in [-0.3, -0.25) is 0 Å². The molecule has 1 aromatic heterocycles. The Morgan fingerprint density at radius 1 is 1.10 bits per heavy atom. The van der Waals surface area contributed by atoms with Crippen molar-refractivity contribution in [2.45, 2.75) is 27.6 Å². The fourth-order valence-corrected chi connectivity index (χ4v) is 2.86. The lowest BCUT2D eigenvalue weighted by molar-refractivity contribution is -0.658. The molecule has 0 N–H and O–H groups in total. The first-order valence-corrected chi connectivity index (χ1v) is 7.01. The second kappa shape index (κ2) is 4.55. The summed E-state index contributed by atoms with van der Waals surface area (Å²) in [4.78, 5) is 2.27. The van der Waals surface area contributed by atoms with Crippen molar-refractivity contribution < 1.29 is 9.22 Å². The maximum Gasteiger partial charge on any atom is 0.607 e. The molecule has 0 amide bonds. The average molecular weight is 267 g/mol. The molecular formula is C16H20BN2O+. The number of nitrogens with zero attached hydrogens (tertiary/aromatic N) is 2. The molecule has 102 valence electrons. The fraction of sp³-hybridized carbons (Fsp3) is 0.312. The Labute approximate surface area is 120 Å². The van der Waals surface area contributed by atoms with Crippen molar-refractivity contribution in [3.05, 3.63) is 47.2 Å². The van der Waals surface area contributed by atoms with Gasteiger partial charge in [0.2, 0.25) is 0 Å². The van der Waals surface area contributed by atoms with E-state index in [1.54, 1.807) is 0 Å². The molecule has 1 aliphatic heterocycles. The van der Waals surface area contributed by atoms with E-state index in [-0.39, 0.29) is 7.05 Å². The molecule has 1 aromatic carbocycles. The van der Waals surface area contributed by atoms with Crippen LogP contribution in [0.25, 0.3) is 0 Å². The van der Waals surface area contributed by atoms with Crippen molar-refractivity contribution in [1.29, 1.82) is 0 Å². The van der Waals surface area contributed by atoms with Crippen LogP contribution in [0.5, 0.6) is 5.75 Å². The maximum absolute atomic E-state index is 5.99. The number of anilines is 2. The SMILES string of the molecule is CB1Oc2cccc(C)c2N1c1cc(C)c(C)c[n+]1C. The largest absolute Gasteiger partial charge is 0.607 e. The lowest BCUT2D eigenvalue weighted by Crippen LogP contribution is -2.43. The number of fused-ring (bicyclic) bond motifs is 1. The number of aromatic nitrogens is 1. The first-order chi connectivity index (χ1) is 9.49. The van der Waals surface area contributed by atoms with E-state index in [9.17, 15) is 0 Å². The van der Waals surface area contributed by atoms with Crippen LogP contribution in [0.2, 0.25) is 6.82 Å². The van der Waals surface area contributed by atoms with Gasteiger partial charge in [-0.1, -0.05) is 12.1 Å². The Balaban J connectivity index is 2.19. The van der Waals surface area contributed by atoms with E-state index in [1.807, 2.05) is 12.1 Å². The molecule has 3 rings (SSSR count). The summed E-state index contributed by atoms with van der Waals surface area (Å²) >= 11 is 0. The van der Waals surface area contributed by atoms with Gasteiger partial charge in [-0.05, 0) is 43.5 Å². The molecule has 4 heteroatoms. The molecule has 0 aliphatic carbocycles. The zero-order valence-electron chi connectivity index (χ0n) is 12.8. The van der Waals surface area contributed by atoms with Gasteiger partial charge in [-0.25, -0.2) is 9.38 Å². The van der Waals surface area contributed by atoms with E-state index in [1.165, 1.54) is 22.4 Å². The van der Waals surface area contributed by atoms with Gasteiger partial charge in [0.1, 0.15) is 5.75 Å². The van der Waals surface area contributed by atoms with Crippen molar-refractivity contribution >= 4 is 18.6 Å². The monoisotopic (exact) mass is 267 g/mol. The van der Waals surface area contributed by atoms with Crippen LogP contribution in [0.1, 0.15) is 16.7 Å². The van der Waals surface area contributed by atoms with Crippen molar-refractivity contribution in [3.63, 3.8) is 0 Å². The molecule has 2 aromatic rings. The highest BCUT2D eigenvalue weighted by atomic mass is 16.5. The van der Waals surface area contributed by atoms with Crippen LogP contribution in [0.4, 0.5) is 11.5 Å². The first-order valence-electron chi connectivity index (χ1n) is 7.01. The molecule has 20 heavy (non-hydrogen) atoms. The van der Waals surface area contributed by atoms with E-state index in [2.05, 4.69) is 62.3 Å². The van der Waals surface area contributed by atoms with Gasteiger partial charge in [0.05, 0.1) is 13.2 Å². The highest BCUT2D eigenvalue weighted by Gasteiger charge is 2.43. The van der Waals surface area contributed by atoms with E-state index in [0.717, 1.165) is 11.6 Å². The zero-order chi connectivity index (χ0) is 14.4. The molecule has 2 heterocycles. The predicted molar refractivity (Wildman–Crippen MR) is 82.7 cm³/mol. The van der Waals surface area contributed by atoms with E-state index in [4.69, 9.17) is 4.65 Å². The quantitative estimate of drug-likeness (QED) is 0.583. The second-order valence-electron chi connectivity index (χ2n) is 5.62. The maximum atomic E-state index is 5.99. The van der Waals surface area contributed by atoms with Crippen molar-refractivity contribution in [2.24, 2.45) is 7.05 Å². The van der Waals surface area contributed by atoms with Gasteiger partial charge in [0, 0.05) is 12.9 Å². The average Bonchev–Trinajstić information content (AvgIpc) is 2.71. The number of rotatable bonds is 1. The Morgan fingerprint density at radius 3 is 2.60 bits per heavy atom. The third kappa shape index (κ3) is 1.87. The summed E-state index contributed by atoms with van der Waals surface area (Å²) in [6.45, 7) is 8.52. The van der Waals surface area contributed by atoms with E-state index < -0.39 is 0 Å². The molecule has 0 radical (unpaired) electrons. The van der Waals surface area contributed by atoms with Gasteiger partial charge in [-0.15, -0.1) is 0 Å². The Hall–Kier alpha value is -1.97. The third-order valence-corrected chi connectivity index (χ3v) is 4.07. The highest BCUT2D eigenvalue weighted by molar-refractivity contribution is 6.59. The Morgan fingerprint density at radius 2 is 1.85 bits per heavy atom. The summed E-state index contributed by atoms with van der Waals surface area (Å²) in [7, 11) is 2.10. The van der Waals surface area contributed by atoms with Crippen LogP contribution in [-0.4, -0.2) is 7.05 Å². The molecule has 0 atom stereocenters. The van der Waals surface area contributed by atoms with Crippen LogP contribution in [0, 0.1) is 20.8 Å². The van der Waals surface area contributed by atoms with Crippen molar-refractivity contribution in [1.82, 2.24) is 0 Å². The zero-order valence-corrected chi connectivity index (χ0v) is 12.8. The smallest absolute Gasteiger partial charge is 0.519 e. The predicted octanol–water partition coefficient (Wildman–Crippen LogP) is 3.08. The molecule has 0 saturated carbocycles. The molecule has 1 aliphatic rings. The van der Waals surface area contributed by atoms with Gasteiger partial charge in [0.25, 0.3) is 5.82 Å². The summed E-state index contributed by atoms with van der Waals surface area (Å²) in [5.74, 6) is 2.13. The van der Waals surface area contributed by atoms with Gasteiger partial charge in [-0.2, -0.15) is 0 Å². The number of pyridine rings is 1. The molecule has 0 bridgehead atoms. The normalized spacial score (nSPS) is 13.4. The van der Waals surface area contributed by atoms with Gasteiger partial charge >= 0.3 is 7.05 Å². The fourth-order valence-electron chi connectivity index (χ4n) is 2.86. The Bertz CT molecular complexity index is 684. The number of aryl methyl sites for hydroxylation is 4. The van der Waals surface area contributed by atoms with Crippen molar-refractivity contribution in [3.8, 4) is 5.75 Å². The topological polar surface area (TPSA) is 16.4 Å². The molecule has 0 unspecified atom stereocenters. The van der Waals surface area contributed by atoms with Gasteiger partial charge < -0.3 is 4.65 Å². The van der Waals surface area contributed by atoms with Crippen LogP contribution < -0.4 is 14.0 Å². The Kier molecular flexibility index (Phi) is 2.96. The minimum atomic E-state index is 0.0133. The van der Waals surface area contributed by atoms with Crippen LogP contribution in [0.15, 0.2) is 30.5 Å². The minimum absolute atomic E-state index is 0.0133. The molecule has 0 fully saturated rings. The first kappa shape index (κ1) is 13.0. The van der Waals surface area contributed by atoms with Crippen LogP contribution in [-0.2, 0) is 7.05 Å². The molecular weight excluding hydrogens is 247 g/mol. The summed E-state index contributed by atoms with van der Waals surface area (Å²) in [6, 6.07) is 8.45. The lowest BCUT2D eigenvalue weighted by Gasteiger charge is -2.16.